The van der Waals surface area contributed by atoms with Gasteiger partial charge in [-0.3, -0.25) is 10.2 Å². The van der Waals surface area contributed by atoms with Crippen LogP contribution in [0.3, 0.4) is 0 Å². The minimum absolute atomic E-state index is 0.000436. The summed E-state index contributed by atoms with van der Waals surface area (Å²) in [6.07, 6.45) is 6.98. The number of carbonyl (C=O) groups excluding carboxylic acids is 1. The Bertz CT molecular complexity index is 970. The summed E-state index contributed by atoms with van der Waals surface area (Å²) in [7, 11) is 0. The molecular weight excluding hydrogens is 390 g/mol. The first-order valence-electron chi connectivity index (χ1n) is 11.3. The van der Waals surface area contributed by atoms with Gasteiger partial charge in [0.2, 0.25) is 5.91 Å². The van der Waals surface area contributed by atoms with Crippen LogP contribution >= 0.6 is 0 Å². The fraction of sp³-hybridized carbons (Fsp3) is 0.542. The number of amides is 1. The van der Waals surface area contributed by atoms with Crippen LogP contribution in [0.15, 0.2) is 24.3 Å². The molecule has 2 aromatic rings. The number of fused-ring (bicyclic) bond motifs is 1. The summed E-state index contributed by atoms with van der Waals surface area (Å²) < 4.78 is 6.45. The number of ether oxygens (including phenoxy) is 1. The molecule has 31 heavy (non-hydrogen) atoms. The predicted molar refractivity (Wildman–Crippen MR) is 124 cm³/mol. The zero-order valence-corrected chi connectivity index (χ0v) is 18.5. The minimum Gasteiger partial charge on any atom is -0.372 e. The fourth-order valence-electron chi connectivity index (χ4n) is 4.67. The van der Waals surface area contributed by atoms with E-state index in [9.17, 15) is 4.79 Å². The smallest absolute Gasteiger partial charge is 0.222 e. The van der Waals surface area contributed by atoms with Crippen LogP contribution in [-0.4, -0.2) is 48.1 Å². The number of anilines is 1. The van der Waals surface area contributed by atoms with Crippen LogP contribution in [0.5, 0.6) is 0 Å². The van der Waals surface area contributed by atoms with Crippen LogP contribution in [0.4, 0.5) is 5.82 Å². The van der Waals surface area contributed by atoms with Crippen molar-refractivity contribution in [1.29, 1.82) is 5.41 Å². The second-order valence-electron chi connectivity index (χ2n) is 8.94. The number of aromatic nitrogens is 1. The lowest BCUT2D eigenvalue weighted by atomic mass is 9.96. The van der Waals surface area contributed by atoms with Crippen molar-refractivity contribution in [2.45, 2.75) is 70.6 Å². The number of hydrogen-bond acceptors (Lipinski definition) is 6. The minimum atomic E-state index is -0.264. The number of nitrogens with two attached hydrogens (primary N) is 1. The van der Waals surface area contributed by atoms with Gasteiger partial charge >= 0.3 is 0 Å². The molecule has 2 unspecified atom stereocenters. The van der Waals surface area contributed by atoms with Crippen molar-refractivity contribution >= 4 is 28.5 Å². The van der Waals surface area contributed by atoms with E-state index in [4.69, 9.17) is 20.9 Å². The molecule has 7 heteroatoms. The molecule has 2 fully saturated rings. The van der Waals surface area contributed by atoms with Crippen LogP contribution in [0.1, 0.15) is 56.6 Å². The van der Waals surface area contributed by atoms with E-state index in [0.717, 1.165) is 42.3 Å². The van der Waals surface area contributed by atoms with Crippen LogP contribution in [0, 0.1) is 12.3 Å². The lowest BCUT2D eigenvalue weighted by molar-refractivity contribution is -0.117. The van der Waals surface area contributed by atoms with Crippen molar-refractivity contribution < 1.29 is 9.53 Å². The Morgan fingerprint density at radius 1 is 1.23 bits per heavy atom. The molecule has 4 rings (SSSR count). The highest BCUT2D eigenvalue weighted by Crippen LogP contribution is 2.29. The van der Waals surface area contributed by atoms with E-state index in [1.807, 2.05) is 25.1 Å². The predicted octanol–water partition coefficient (Wildman–Crippen LogP) is 3.26. The molecule has 1 saturated carbocycles. The Morgan fingerprint density at radius 3 is 2.74 bits per heavy atom. The van der Waals surface area contributed by atoms with Gasteiger partial charge in [0, 0.05) is 31.4 Å². The number of amidine groups is 1. The number of nitrogens with zero attached hydrogens (tertiary/aromatic N) is 2. The van der Waals surface area contributed by atoms with Crippen LogP contribution in [0.25, 0.3) is 10.9 Å². The lowest BCUT2D eigenvalue weighted by Gasteiger charge is -2.40. The SMILES string of the molecule is CC(=O)NC(=N)c1cc2cc(C)ccc2nc1N1CCC(N)C(OC2CCCCC2)C1. The van der Waals surface area contributed by atoms with Crippen molar-refractivity contribution in [1.82, 2.24) is 10.3 Å². The Balaban J connectivity index is 1.65. The van der Waals surface area contributed by atoms with Crippen LogP contribution in [0.2, 0.25) is 0 Å². The van der Waals surface area contributed by atoms with Gasteiger partial charge in [-0.15, -0.1) is 0 Å². The summed E-state index contributed by atoms with van der Waals surface area (Å²) in [5, 5.41) is 12.1. The van der Waals surface area contributed by atoms with E-state index in [-0.39, 0.29) is 30.0 Å². The number of piperidine rings is 1. The zero-order chi connectivity index (χ0) is 22.0. The second-order valence-corrected chi connectivity index (χ2v) is 8.94. The van der Waals surface area contributed by atoms with Gasteiger partial charge in [0.05, 0.1) is 23.3 Å². The largest absolute Gasteiger partial charge is 0.372 e. The van der Waals surface area contributed by atoms with Gasteiger partial charge in [0.1, 0.15) is 11.7 Å². The van der Waals surface area contributed by atoms with Crippen molar-refractivity contribution in [3.63, 3.8) is 0 Å². The average molecular weight is 424 g/mol. The molecule has 1 aromatic carbocycles. The van der Waals surface area contributed by atoms with E-state index < -0.39 is 0 Å². The third-order valence-corrected chi connectivity index (χ3v) is 6.35. The number of nitrogens with one attached hydrogen (secondary N) is 2. The highest BCUT2D eigenvalue weighted by Gasteiger charge is 2.32. The molecule has 2 atom stereocenters. The maximum atomic E-state index is 11.6. The zero-order valence-electron chi connectivity index (χ0n) is 18.5. The summed E-state index contributed by atoms with van der Waals surface area (Å²) >= 11 is 0. The molecule has 1 aliphatic heterocycles. The van der Waals surface area contributed by atoms with Crippen LogP contribution in [-0.2, 0) is 9.53 Å². The number of benzene rings is 1. The van der Waals surface area contributed by atoms with E-state index in [0.29, 0.717) is 17.9 Å². The van der Waals surface area contributed by atoms with Gasteiger partial charge in [-0.1, -0.05) is 30.9 Å². The lowest BCUT2D eigenvalue weighted by Crippen LogP contribution is -2.53. The molecular formula is C24H33N5O2. The molecule has 1 amide bonds. The van der Waals surface area contributed by atoms with Gasteiger partial charge in [-0.05, 0) is 44.4 Å². The molecule has 0 bridgehead atoms. The molecule has 1 aliphatic carbocycles. The first-order valence-corrected chi connectivity index (χ1v) is 11.3. The molecule has 1 aromatic heterocycles. The Hall–Kier alpha value is -2.51. The number of carbonyl (C=O) groups is 1. The monoisotopic (exact) mass is 423 g/mol. The molecule has 2 aliphatic rings. The van der Waals surface area contributed by atoms with E-state index >= 15 is 0 Å². The highest BCUT2D eigenvalue weighted by molar-refractivity contribution is 6.10. The van der Waals surface area contributed by atoms with Gasteiger partial charge in [0.15, 0.2) is 0 Å². The van der Waals surface area contributed by atoms with Crippen molar-refractivity contribution in [3.05, 3.63) is 35.4 Å². The first kappa shape index (κ1) is 21.7. The van der Waals surface area contributed by atoms with E-state index in [2.05, 4.69) is 16.3 Å². The Morgan fingerprint density at radius 2 is 2.00 bits per heavy atom. The third kappa shape index (κ3) is 5.05. The van der Waals surface area contributed by atoms with Gasteiger partial charge in [-0.25, -0.2) is 4.98 Å². The second kappa shape index (κ2) is 9.32. The van der Waals surface area contributed by atoms with E-state index in [1.165, 1.54) is 26.2 Å². The molecule has 2 heterocycles. The van der Waals surface area contributed by atoms with Crippen LogP contribution < -0.4 is 16.0 Å². The summed E-state index contributed by atoms with van der Waals surface area (Å²) in [6, 6.07) is 8.05. The third-order valence-electron chi connectivity index (χ3n) is 6.35. The first-order chi connectivity index (χ1) is 14.9. The molecule has 4 N–H and O–H groups in total. The number of hydrogen-bond donors (Lipinski definition) is 3. The molecule has 0 spiro atoms. The standard InChI is InChI=1S/C24H33N5O2/c1-15-8-9-21-17(12-15)13-19(23(26)27-16(2)30)24(28-21)29-11-10-20(25)22(14-29)31-18-6-4-3-5-7-18/h8-9,12-13,18,20,22H,3-7,10-11,14,25H2,1-2H3,(H2,26,27,30). The normalized spacial score (nSPS) is 22.5. The van der Waals surface area contributed by atoms with Crippen molar-refractivity contribution in [2.24, 2.45) is 5.73 Å². The molecule has 166 valence electrons. The quantitative estimate of drug-likeness (QED) is 0.517. The Kier molecular flexibility index (Phi) is 6.53. The summed E-state index contributed by atoms with van der Waals surface area (Å²) in [6.45, 7) is 4.84. The summed E-state index contributed by atoms with van der Waals surface area (Å²) in [5.74, 6) is 0.511. The topological polar surface area (TPSA) is 104 Å². The Labute approximate surface area is 183 Å². The van der Waals surface area contributed by atoms with Gasteiger partial charge in [-0.2, -0.15) is 0 Å². The highest BCUT2D eigenvalue weighted by atomic mass is 16.5. The molecule has 0 radical (unpaired) electrons. The van der Waals surface area contributed by atoms with Crippen molar-refractivity contribution in [3.8, 4) is 0 Å². The summed E-state index contributed by atoms with van der Waals surface area (Å²) in [4.78, 5) is 18.7. The van der Waals surface area contributed by atoms with Gasteiger partial charge < -0.3 is 20.7 Å². The number of rotatable bonds is 4. The molecule has 7 nitrogen and oxygen atoms in total. The van der Waals surface area contributed by atoms with E-state index in [1.54, 1.807) is 0 Å². The summed E-state index contributed by atoms with van der Waals surface area (Å²) in [5.41, 5.74) is 9.06. The number of aryl methyl sites for hydroxylation is 1. The van der Waals surface area contributed by atoms with Crippen molar-refractivity contribution in [2.75, 3.05) is 18.0 Å². The average Bonchev–Trinajstić information content (AvgIpc) is 2.74. The molecule has 1 saturated heterocycles. The number of pyridine rings is 1. The van der Waals surface area contributed by atoms with Gasteiger partial charge in [0.25, 0.3) is 0 Å². The maximum absolute atomic E-state index is 11.6. The fourth-order valence-corrected chi connectivity index (χ4v) is 4.67. The maximum Gasteiger partial charge on any atom is 0.222 e.